The molecule has 4 heteroatoms. The molecule has 0 radical (unpaired) electrons. The molecule has 0 unspecified atom stereocenters. The van der Waals surface area contributed by atoms with Gasteiger partial charge in [-0.1, -0.05) is 28.9 Å². The van der Waals surface area contributed by atoms with Crippen molar-refractivity contribution >= 4 is 27.5 Å². The third-order valence-electron chi connectivity index (χ3n) is 4.13. The summed E-state index contributed by atoms with van der Waals surface area (Å²) < 4.78 is 4.76. The van der Waals surface area contributed by atoms with E-state index in [1.165, 1.54) is 5.56 Å². The Bertz CT molecular complexity index is 560. The van der Waals surface area contributed by atoms with Crippen molar-refractivity contribution in [3.8, 4) is 5.75 Å². The minimum absolute atomic E-state index is 0.0777. The summed E-state index contributed by atoms with van der Waals surface area (Å²) in [4.78, 5) is 14.9. The van der Waals surface area contributed by atoms with Gasteiger partial charge in [0.1, 0.15) is 5.75 Å². The summed E-state index contributed by atoms with van der Waals surface area (Å²) >= 11 is 3.51. The standard InChI is InChI=1S/C17H24BrNO2/c1-11-10-16(2,3)19(15(20)17(4,5)18)14-9-12(21-6)7-8-13(11)14/h7-9,11H,10H2,1-6H3/t11-/m1/s1. The van der Waals surface area contributed by atoms with E-state index in [1.54, 1.807) is 7.11 Å². The van der Waals surface area contributed by atoms with E-state index in [0.29, 0.717) is 5.92 Å². The van der Waals surface area contributed by atoms with Crippen molar-refractivity contribution in [1.82, 2.24) is 0 Å². The highest BCUT2D eigenvalue weighted by Crippen LogP contribution is 2.46. The highest BCUT2D eigenvalue weighted by molar-refractivity contribution is 9.10. The summed E-state index contributed by atoms with van der Waals surface area (Å²) in [5.41, 5.74) is 1.96. The van der Waals surface area contributed by atoms with Crippen LogP contribution < -0.4 is 9.64 Å². The zero-order chi connectivity index (χ0) is 16.0. The third-order valence-corrected chi connectivity index (χ3v) is 4.47. The summed E-state index contributed by atoms with van der Waals surface area (Å²) in [6.45, 7) is 10.3. The quantitative estimate of drug-likeness (QED) is 0.733. The molecule has 1 aliphatic rings. The first-order valence-corrected chi connectivity index (χ1v) is 8.09. The van der Waals surface area contributed by atoms with Gasteiger partial charge in [0, 0.05) is 11.6 Å². The Morgan fingerprint density at radius 3 is 2.57 bits per heavy atom. The second kappa shape index (κ2) is 5.31. The van der Waals surface area contributed by atoms with Gasteiger partial charge in [-0.25, -0.2) is 0 Å². The number of alkyl halides is 1. The molecule has 0 bridgehead atoms. The molecule has 0 aromatic heterocycles. The van der Waals surface area contributed by atoms with Gasteiger partial charge >= 0.3 is 0 Å². The fourth-order valence-corrected chi connectivity index (χ4v) is 3.36. The average molecular weight is 354 g/mol. The first-order chi connectivity index (χ1) is 9.58. The van der Waals surface area contributed by atoms with Crippen molar-refractivity contribution in [1.29, 1.82) is 0 Å². The number of hydrogen-bond acceptors (Lipinski definition) is 2. The maximum atomic E-state index is 12.9. The smallest absolute Gasteiger partial charge is 0.243 e. The van der Waals surface area contributed by atoms with Gasteiger partial charge in [-0.3, -0.25) is 4.79 Å². The summed E-state index contributed by atoms with van der Waals surface area (Å²) in [5, 5.41) is 0. The van der Waals surface area contributed by atoms with Crippen LogP contribution >= 0.6 is 15.9 Å². The molecule has 0 spiro atoms. The minimum Gasteiger partial charge on any atom is -0.497 e. The third kappa shape index (κ3) is 2.96. The van der Waals surface area contributed by atoms with E-state index in [0.717, 1.165) is 17.9 Å². The summed E-state index contributed by atoms with van der Waals surface area (Å²) in [7, 11) is 1.65. The van der Waals surface area contributed by atoms with Crippen molar-refractivity contribution in [2.75, 3.05) is 12.0 Å². The second-order valence-corrected chi connectivity index (χ2v) is 8.94. The Morgan fingerprint density at radius 1 is 1.43 bits per heavy atom. The number of amides is 1. The fourth-order valence-electron chi connectivity index (χ4n) is 3.19. The van der Waals surface area contributed by atoms with Gasteiger partial charge in [0.25, 0.3) is 0 Å². The van der Waals surface area contributed by atoms with Crippen LogP contribution in [0.1, 0.15) is 52.5 Å². The number of carbonyl (C=O) groups excluding carboxylic acids is 1. The molecule has 0 saturated heterocycles. The molecule has 21 heavy (non-hydrogen) atoms. The van der Waals surface area contributed by atoms with Crippen LogP contribution in [-0.2, 0) is 4.79 Å². The van der Waals surface area contributed by atoms with Gasteiger partial charge in [0.2, 0.25) is 5.91 Å². The number of carbonyl (C=O) groups is 1. The molecule has 1 amide bonds. The number of hydrogen-bond donors (Lipinski definition) is 0. The largest absolute Gasteiger partial charge is 0.497 e. The van der Waals surface area contributed by atoms with Crippen LogP contribution in [0.4, 0.5) is 5.69 Å². The van der Waals surface area contributed by atoms with Crippen LogP contribution in [0.15, 0.2) is 18.2 Å². The fraction of sp³-hybridized carbons (Fsp3) is 0.588. The van der Waals surface area contributed by atoms with E-state index in [2.05, 4.69) is 42.8 Å². The number of benzene rings is 1. The number of methoxy groups -OCH3 is 1. The lowest BCUT2D eigenvalue weighted by molar-refractivity contribution is -0.121. The molecule has 1 aromatic rings. The average Bonchev–Trinajstić information content (AvgIpc) is 2.35. The highest BCUT2D eigenvalue weighted by atomic mass is 79.9. The number of anilines is 1. The van der Waals surface area contributed by atoms with Crippen LogP contribution in [0.5, 0.6) is 5.75 Å². The van der Waals surface area contributed by atoms with E-state index < -0.39 is 4.32 Å². The van der Waals surface area contributed by atoms with Gasteiger partial charge in [-0.05, 0) is 51.7 Å². The predicted octanol–water partition coefficient (Wildman–Crippen LogP) is 4.49. The van der Waals surface area contributed by atoms with E-state index >= 15 is 0 Å². The molecule has 1 aliphatic heterocycles. The van der Waals surface area contributed by atoms with Gasteiger partial charge in [-0.2, -0.15) is 0 Å². The lowest BCUT2D eigenvalue weighted by atomic mass is 9.79. The first kappa shape index (κ1) is 16.3. The predicted molar refractivity (Wildman–Crippen MR) is 90.6 cm³/mol. The number of fused-ring (bicyclic) bond motifs is 1. The Morgan fingerprint density at radius 2 is 2.05 bits per heavy atom. The summed E-state index contributed by atoms with van der Waals surface area (Å²) in [6, 6.07) is 6.02. The summed E-state index contributed by atoms with van der Waals surface area (Å²) in [6.07, 6.45) is 0.946. The molecular formula is C17H24BrNO2. The molecule has 1 atom stereocenters. The number of rotatable bonds is 2. The Hall–Kier alpha value is -1.03. The van der Waals surface area contributed by atoms with Crippen LogP contribution in [0.25, 0.3) is 0 Å². The molecule has 1 heterocycles. The molecule has 0 saturated carbocycles. The second-order valence-electron chi connectivity index (χ2n) is 6.96. The van der Waals surface area contributed by atoms with Crippen molar-refractivity contribution < 1.29 is 9.53 Å². The topological polar surface area (TPSA) is 29.5 Å². The van der Waals surface area contributed by atoms with Gasteiger partial charge in [-0.15, -0.1) is 0 Å². The Labute approximate surface area is 135 Å². The lowest BCUT2D eigenvalue weighted by Crippen LogP contribution is -2.56. The lowest BCUT2D eigenvalue weighted by Gasteiger charge is -2.47. The van der Waals surface area contributed by atoms with Crippen molar-refractivity contribution in [2.24, 2.45) is 0 Å². The van der Waals surface area contributed by atoms with E-state index in [4.69, 9.17) is 4.74 Å². The number of nitrogens with zero attached hydrogens (tertiary/aromatic N) is 1. The maximum absolute atomic E-state index is 12.9. The zero-order valence-corrected chi connectivity index (χ0v) is 15.2. The minimum atomic E-state index is -0.592. The van der Waals surface area contributed by atoms with E-state index in [9.17, 15) is 4.79 Å². The Balaban J connectivity index is 2.62. The molecule has 0 fully saturated rings. The van der Waals surface area contributed by atoms with Gasteiger partial charge in [0.15, 0.2) is 0 Å². The molecule has 2 rings (SSSR count). The SMILES string of the molecule is COc1ccc2c(c1)N(C(=O)C(C)(C)Br)C(C)(C)C[C@H]2C. The monoisotopic (exact) mass is 353 g/mol. The van der Waals surface area contributed by atoms with Crippen molar-refractivity contribution in [3.63, 3.8) is 0 Å². The van der Waals surface area contributed by atoms with E-state index in [-0.39, 0.29) is 11.4 Å². The normalized spacial score (nSPS) is 20.9. The van der Waals surface area contributed by atoms with Crippen LogP contribution in [0, 0.1) is 0 Å². The first-order valence-electron chi connectivity index (χ1n) is 7.29. The molecule has 1 aromatic carbocycles. The van der Waals surface area contributed by atoms with Crippen LogP contribution in [0.3, 0.4) is 0 Å². The van der Waals surface area contributed by atoms with Crippen molar-refractivity contribution in [2.45, 2.75) is 56.8 Å². The van der Waals surface area contributed by atoms with Crippen LogP contribution in [-0.4, -0.2) is 22.9 Å². The molecule has 3 nitrogen and oxygen atoms in total. The summed E-state index contributed by atoms with van der Waals surface area (Å²) in [5.74, 6) is 1.28. The Kier molecular flexibility index (Phi) is 4.13. The number of halogens is 1. The molecule has 0 aliphatic carbocycles. The van der Waals surface area contributed by atoms with Gasteiger partial charge in [0.05, 0.1) is 17.1 Å². The molecule has 116 valence electrons. The maximum Gasteiger partial charge on any atom is 0.243 e. The highest BCUT2D eigenvalue weighted by Gasteiger charge is 2.43. The molecule has 0 N–H and O–H groups in total. The zero-order valence-electron chi connectivity index (χ0n) is 13.7. The molecular weight excluding hydrogens is 330 g/mol. The van der Waals surface area contributed by atoms with E-state index in [1.807, 2.05) is 30.9 Å². The van der Waals surface area contributed by atoms with Crippen LogP contribution in [0.2, 0.25) is 0 Å². The van der Waals surface area contributed by atoms with Gasteiger partial charge < -0.3 is 9.64 Å². The number of ether oxygens (including phenoxy) is 1. The van der Waals surface area contributed by atoms with Crippen molar-refractivity contribution in [3.05, 3.63) is 23.8 Å².